The molecule has 0 unspecified atom stereocenters. The van der Waals surface area contributed by atoms with Crippen LogP contribution in [0.15, 0.2) is 35.6 Å². The standard InChI is InChI=1S/C17H15NO4/c1-9-5-7-10(8-6-9)18-16(20)14-13-11(19)3-2-4-12(13)22-15(14)17(18)21/h5-8,14-15H,2-4H2,1H3/t14-,15+/m1/s1. The van der Waals surface area contributed by atoms with Crippen LogP contribution in [0.2, 0.25) is 0 Å². The van der Waals surface area contributed by atoms with Crippen molar-refractivity contribution >= 4 is 23.3 Å². The first-order valence-corrected chi connectivity index (χ1v) is 7.45. The van der Waals surface area contributed by atoms with Crippen LogP contribution in [0.3, 0.4) is 0 Å². The molecular weight excluding hydrogens is 282 g/mol. The Kier molecular flexibility index (Phi) is 2.73. The molecule has 112 valence electrons. The summed E-state index contributed by atoms with van der Waals surface area (Å²) in [5.74, 6) is -0.978. The van der Waals surface area contributed by atoms with Gasteiger partial charge in [0.2, 0.25) is 5.91 Å². The van der Waals surface area contributed by atoms with E-state index in [-0.39, 0.29) is 17.6 Å². The number of anilines is 1. The molecule has 1 saturated heterocycles. The smallest absolute Gasteiger partial charge is 0.276 e. The number of nitrogens with zero attached hydrogens (tertiary/aromatic N) is 1. The fourth-order valence-corrected chi connectivity index (χ4v) is 3.45. The Hall–Kier alpha value is -2.43. The van der Waals surface area contributed by atoms with Gasteiger partial charge in [0.25, 0.3) is 5.91 Å². The van der Waals surface area contributed by atoms with Crippen LogP contribution in [0.1, 0.15) is 24.8 Å². The van der Waals surface area contributed by atoms with E-state index < -0.39 is 12.0 Å². The third kappa shape index (κ3) is 1.68. The second kappa shape index (κ2) is 4.53. The van der Waals surface area contributed by atoms with Crippen LogP contribution in [-0.4, -0.2) is 23.7 Å². The monoisotopic (exact) mass is 297 g/mol. The second-order valence-corrected chi connectivity index (χ2v) is 5.98. The van der Waals surface area contributed by atoms with Crippen LogP contribution >= 0.6 is 0 Å². The van der Waals surface area contributed by atoms with Gasteiger partial charge in [0, 0.05) is 18.4 Å². The number of fused-ring (bicyclic) bond motifs is 2. The minimum atomic E-state index is -0.860. The van der Waals surface area contributed by atoms with Crippen LogP contribution < -0.4 is 4.90 Å². The van der Waals surface area contributed by atoms with Crippen LogP contribution in [0.25, 0.3) is 0 Å². The molecule has 4 rings (SSSR count). The van der Waals surface area contributed by atoms with Gasteiger partial charge in [-0.2, -0.15) is 0 Å². The Morgan fingerprint density at radius 3 is 2.50 bits per heavy atom. The van der Waals surface area contributed by atoms with Crippen molar-refractivity contribution in [1.82, 2.24) is 0 Å². The number of aryl methyl sites for hydroxylation is 1. The first-order chi connectivity index (χ1) is 10.6. The fraction of sp³-hybridized carbons (Fsp3) is 0.353. The minimum Gasteiger partial charge on any atom is -0.483 e. The van der Waals surface area contributed by atoms with Crippen molar-refractivity contribution in [2.24, 2.45) is 5.92 Å². The summed E-state index contributed by atoms with van der Waals surface area (Å²) in [5, 5.41) is 0. The van der Waals surface area contributed by atoms with Crippen molar-refractivity contribution in [2.75, 3.05) is 4.90 Å². The van der Waals surface area contributed by atoms with E-state index in [1.165, 1.54) is 0 Å². The number of allylic oxidation sites excluding steroid dienone is 1. The van der Waals surface area contributed by atoms with E-state index in [0.717, 1.165) is 16.9 Å². The molecule has 2 amide bonds. The number of amides is 2. The van der Waals surface area contributed by atoms with E-state index in [2.05, 4.69) is 0 Å². The molecule has 22 heavy (non-hydrogen) atoms. The van der Waals surface area contributed by atoms with Gasteiger partial charge >= 0.3 is 0 Å². The van der Waals surface area contributed by atoms with Crippen LogP contribution in [0, 0.1) is 12.8 Å². The maximum absolute atomic E-state index is 12.7. The van der Waals surface area contributed by atoms with Gasteiger partial charge in [-0.15, -0.1) is 0 Å². The predicted octanol–water partition coefficient (Wildman–Crippen LogP) is 1.89. The summed E-state index contributed by atoms with van der Waals surface area (Å²) in [7, 11) is 0. The maximum atomic E-state index is 12.7. The SMILES string of the molecule is Cc1ccc(N2C(=O)[C@@H]3C4=C(CCCC4=O)O[C@@H]3C2=O)cc1. The average molecular weight is 297 g/mol. The summed E-state index contributed by atoms with van der Waals surface area (Å²) >= 11 is 0. The van der Waals surface area contributed by atoms with E-state index in [1.807, 2.05) is 19.1 Å². The second-order valence-electron chi connectivity index (χ2n) is 5.98. The molecule has 1 fully saturated rings. The van der Waals surface area contributed by atoms with Crippen LogP contribution in [0.5, 0.6) is 0 Å². The zero-order chi connectivity index (χ0) is 15.4. The summed E-state index contributed by atoms with van der Waals surface area (Å²) in [4.78, 5) is 38.6. The van der Waals surface area contributed by atoms with Crippen molar-refractivity contribution in [3.05, 3.63) is 41.2 Å². The quantitative estimate of drug-likeness (QED) is 0.743. The lowest BCUT2D eigenvalue weighted by molar-refractivity contribution is -0.125. The minimum absolute atomic E-state index is 0.0549. The number of Topliss-reactive ketones (excluding diaryl/α,β-unsaturated/α-hetero) is 1. The summed E-state index contributed by atoms with van der Waals surface area (Å²) in [6.07, 6.45) is 0.929. The molecule has 2 aliphatic heterocycles. The number of benzene rings is 1. The van der Waals surface area contributed by atoms with Crippen LogP contribution in [0.4, 0.5) is 5.69 Å². The number of ketones is 1. The molecule has 0 aromatic heterocycles. The molecule has 5 heteroatoms. The number of carbonyl (C=O) groups is 3. The third-order valence-electron chi connectivity index (χ3n) is 4.53. The summed E-state index contributed by atoms with van der Waals surface area (Å²) in [5.41, 5.74) is 2.01. The van der Waals surface area contributed by atoms with Crippen molar-refractivity contribution in [3.8, 4) is 0 Å². The molecule has 0 saturated carbocycles. The molecule has 0 N–H and O–H groups in total. The maximum Gasteiger partial charge on any atom is 0.276 e. The van der Waals surface area contributed by atoms with Crippen molar-refractivity contribution in [3.63, 3.8) is 0 Å². The normalized spacial score (nSPS) is 27.1. The summed E-state index contributed by atoms with van der Waals surface area (Å²) < 4.78 is 5.66. The van der Waals surface area contributed by atoms with Gasteiger partial charge in [0.05, 0.1) is 5.69 Å². The Bertz CT molecular complexity index is 732. The highest BCUT2D eigenvalue weighted by molar-refractivity contribution is 6.26. The van der Waals surface area contributed by atoms with Crippen LogP contribution in [-0.2, 0) is 19.1 Å². The van der Waals surface area contributed by atoms with Gasteiger partial charge in [0.15, 0.2) is 11.9 Å². The van der Waals surface area contributed by atoms with E-state index in [4.69, 9.17) is 4.74 Å². The number of carbonyl (C=O) groups excluding carboxylic acids is 3. The molecular formula is C17H15NO4. The average Bonchev–Trinajstić information content (AvgIpc) is 2.99. The number of rotatable bonds is 1. The summed E-state index contributed by atoms with van der Waals surface area (Å²) in [6, 6.07) is 7.18. The first kappa shape index (κ1) is 13.2. The number of ether oxygens (including phenoxy) is 1. The number of hydrogen-bond acceptors (Lipinski definition) is 4. The molecule has 2 atom stereocenters. The molecule has 0 radical (unpaired) electrons. The van der Waals surface area contributed by atoms with Gasteiger partial charge in [0.1, 0.15) is 11.7 Å². The van der Waals surface area contributed by atoms with Gasteiger partial charge < -0.3 is 4.74 Å². The highest BCUT2D eigenvalue weighted by Crippen LogP contribution is 2.44. The molecule has 1 aromatic rings. The highest BCUT2D eigenvalue weighted by atomic mass is 16.5. The Labute approximate surface area is 127 Å². The Morgan fingerprint density at radius 2 is 1.77 bits per heavy atom. The van der Waals surface area contributed by atoms with Crippen molar-refractivity contribution < 1.29 is 19.1 Å². The Balaban J connectivity index is 1.74. The molecule has 1 aliphatic carbocycles. The molecule has 5 nitrogen and oxygen atoms in total. The van der Waals surface area contributed by atoms with Gasteiger partial charge in [-0.1, -0.05) is 17.7 Å². The first-order valence-electron chi connectivity index (χ1n) is 7.45. The molecule has 1 aromatic carbocycles. The third-order valence-corrected chi connectivity index (χ3v) is 4.53. The largest absolute Gasteiger partial charge is 0.483 e. The van der Waals surface area contributed by atoms with Gasteiger partial charge in [-0.25, -0.2) is 4.90 Å². The molecule has 3 aliphatic rings. The zero-order valence-electron chi connectivity index (χ0n) is 12.2. The van der Waals surface area contributed by atoms with E-state index in [0.29, 0.717) is 29.9 Å². The van der Waals surface area contributed by atoms with Gasteiger partial charge in [-0.3, -0.25) is 14.4 Å². The number of hydrogen-bond donors (Lipinski definition) is 0. The molecule has 0 spiro atoms. The lowest BCUT2D eigenvalue weighted by Crippen LogP contribution is -2.33. The van der Waals surface area contributed by atoms with Crippen molar-refractivity contribution in [2.45, 2.75) is 32.3 Å². The fourth-order valence-electron chi connectivity index (χ4n) is 3.45. The lowest BCUT2D eigenvalue weighted by atomic mass is 9.87. The zero-order valence-corrected chi connectivity index (χ0v) is 12.2. The van der Waals surface area contributed by atoms with E-state index in [9.17, 15) is 14.4 Å². The topological polar surface area (TPSA) is 63.7 Å². The van der Waals surface area contributed by atoms with E-state index in [1.54, 1.807) is 12.1 Å². The highest BCUT2D eigenvalue weighted by Gasteiger charge is 2.57. The lowest BCUT2D eigenvalue weighted by Gasteiger charge is -2.19. The molecule has 2 heterocycles. The number of imide groups is 1. The van der Waals surface area contributed by atoms with E-state index >= 15 is 0 Å². The Morgan fingerprint density at radius 1 is 1.05 bits per heavy atom. The van der Waals surface area contributed by atoms with Gasteiger partial charge in [-0.05, 0) is 25.5 Å². The predicted molar refractivity (Wildman–Crippen MR) is 77.9 cm³/mol. The molecule has 0 bridgehead atoms. The van der Waals surface area contributed by atoms with Crippen molar-refractivity contribution in [1.29, 1.82) is 0 Å². The summed E-state index contributed by atoms with van der Waals surface area (Å²) in [6.45, 7) is 1.94.